The van der Waals surface area contributed by atoms with E-state index in [1.807, 2.05) is 55.6 Å². The van der Waals surface area contributed by atoms with Crippen LogP contribution in [0, 0.1) is 6.92 Å². The lowest BCUT2D eigenvalue weighted by molar-refractivity contribution is 0.0768. The number of hydrogen-bond acceptors (Lipinski definition) is 3. The molecule has 0 bridgehead atoms. The molecule has 1 amide bonds. The SMILES string of the molecule is CCN(CC)C(=O)c1cn2ccnc(-c3ccc(C)cc3)c2n1. The van der Waals surface area contributed by atoms with E-state index in [4.69, 9.17) is 0 Å². The molecule has 0 aliphatic heterocycles. The molecule has 0 saturated carbocycles. The largest absolute Gasteiger partial charge is 0.338 e. The Labute approximate surface area is 135 Å². The average molecular weight is 308 g/mol. The summed E-state index contributed by atoms with van der Waals surface area (Å²) in [5, 5.41) is 0. The van der Waals surface area contributed by atoms with Crippen LogP contribution in [-0.4, -0.2) is 38.3 Å². The van der Waals surface area contributed by atoms with E-state index in [9.17, 15) is 4.79 Å². The summed E-state index contributed by atoms with van der Waals surface area (Å²) in [4.78, 5) is 23.3. The highest BCUT2D eigenvalue weighted by atomic mass is 16.2. The maximum Gasteiger partial charge on any atom is 0.274 e. The van der Waals surface area contributed by atoms with Gasteiger partial charge in [-0.25, -0.2) is 4.98 Å². The molecule has 5 heteroatoms. The molecule has 3 aromatic rings. The zero-order valence-electron chi connectivity index (χ0n) is 13.7. The molecule has 2 heterocycles. The van der Waals surface area contributed by atoms with Gasteiger partial charge in [-0.05, 0) is 20.8 Å². The van der Waals surface area contributed by atoms with Crippen molar-refractivity contribution in [1.82, 2.24) is 19.3 Å². The number of benzene rings is 1. The first kappa shape index (κ1) is 15.2. The molecule has 118 valence electrons. The number of imidazole rings is 1. The van der Waals surface area contributed by atoms with Crippen molar-refractivity contribution < 1.29 is 4.79 Å². The second kappa shape index (κ2) is 6.20. The van der Waals surface area contributed by atoms with Crippen molar-refractivity contribution in [3.8, 4) is 11.3 Å². The van der Waals surface area contributed by atoms with Gasteiger partial charge in [0.1, 0.15) is 11.4 Å². The summed E-state index contributed by atoms with van der Waals surface area (Å²) in [6, 6.07) is 8.15. The smallest absolute Gasteiger partial charge is 0.274 e. The van der Waals surface area contributed by atoms with E-state index in [0.717, 1.165) is 11.3 Å². The molecule has 2 aromatic heterocycles. The Balaban J connectivity index is 2.08. The second-order valence-electron chi connectivity index (χ2n) is 5.48. The molecule has 0 fully saturated rings. The van der Waals surface area contributed by atoms with Crippen molar-refractivity contribution in [3.05, 3.63) is 54.1 Å². The first-order valence-electron chi connectivity index (χ1n) is 7.84. The highest BCUT2D eigenvalue weighted by molar-refractivity contribution is 5.93. The fourth-order valence-electron chi connectivity index (χ4n) is 2.61. The Morgan fingerprint density at radius 1 is 1.17 bits per heavy atom. The summed E-state index contributed by atoms with van der Waals surface area (Å²) in [5.41, 5.74) is 4.13. The van der Waals surface area contributed by atoms with Crippen LogP contribution in [0.5, 0.6) is 0 Å². The monoisotopic (exact) mass is 308 g/mol. The van der Waals surface area contributed by atoms with Gasteiger partial charge < -0.3 is 9.30 Å². The number of fused-ring (bicyclic) bond motifs is 1. The Bertz CT molecular complexity index is 832. The van der Waals surface area contributed by atoms with Crippen molar-refractivity contribution in [3.63, 3.8) is 0 Å². The normalized spacial score (nSPS) is 10.9. The number of aryl methyl sites for hydroxylation is 1. The molecule has 0 saturated heterocycles. The number of carbonyl (C=O) groups is 1. The second-order valence-corrected chi connectivity index (χ2v) is 5.48. The molecule has 0 atom stereocenters. The fraction of sp³-hybridized carbons (Fsp3) is 0.278. The first-order chi connectivity index (χ1) is 11.1. The standard InChI is InChI=1S/C18H20N4O/c1-4-21(5-2)18(23)15-12-22-11-10-19-16(17(22)20-15)14-8-6-13(3)7-9-14/h6-12H,4-5H2,1-3H3. The van der Waals surface area contributed by atoms with Gasteiger partial charge in [0, 0.05) is 37.2 Å². The van der Waals surface area contributed by atoms with Gasteiger partial charge in [-0.3, -0.25) is 9.78 Å². The van der Waals surface area contributed by atoms with Crippen molar-refractivity contribution >= 4 is 11.6 Å². The van der Waals surface area contributed by atoms with Gasteiger partial charge in [0.15, 0.2) is 5.65 Å². The van der Waals surface area contributed by atoms with Crippen LogP contribution >= 0.6 is 0 Å². The topological polar surface area (TPSA) is 50.5 Å². The third-order valence-electron chi connectivity index (χ3n) is 3.97. The van der Waals surface area contributed by atoms with Crippen LogP contribution < -0.4 is 0 Å². The van der Waals surface area contributed by atoms with Gasteiger partial charge in [-0.1, -0.05) is 29.8 Å². The summed E-state index contributed by atoms with van der Waals surface area (Å²) in [5.74, 6) is -0.0476. The van der Waals surface area contributed by atoms with Crippen LogP contribution in [0.25, 0.3) is 16.9 Å². The van der Waals surface area contributed by atoms with Crippen LogP contribution in [0.2, 0.25) is 0 Å². The molecular formula is C18H20N4O. The number of aromatic nitrogens is 3. The van der Waals surface area contributed by atoms with Crippen LogP contribution in [-0.2, 0) is 0 Å². The van der Waals surface area contributed by atoms with E-state index >= 15 is 0 Å². The molecular weight excluding hydrogens is 288 g/mol. The van der Waals surface area contributed by atoms with Gasteiger partial charge in [-0.2, -0.15) is 0 Å². The number of hydrogen-bond donors (Lipinski definition) is 0. The van der Waals surface area contributed by atoms with Crippen molar-refractivity contribution in [2.75, 3.05) is 13.1 Å². The Morgan fingerprint density at radius 3 is 2.52 bits per heavy atom. The lowest BCUT2D eigenvalue weighted by Crippen LogP contribution is -2.30. The van der Waals surface area contributed by atoms with Gasteiger partial charge in [0.05, 0.1) is 0 Å². The van der Waals surface area contributed by atoms with Crippen LogP contribution in [0.3, 0.4) is 0 Å². The minimum absolute atomic E-state index is 0.0476. The van der Waals surface area contributed by atoms with Gasteiger partial charge in [0.25, 0.3) is 5.91 Å². The molecule has 5 nitrogen and oxygen atoms in total. The maximum absolute atomic E-state index is 12.5. The maximum atomic E-state index is 12.5. The van der Waals surface area contributed by atoms with E-state index < -0.39 is 0 Å². The molecule has 0 aliphatic rings. The average Bonchev–Trinajstić information content (AvgIpc) is 3.01. The van der Waals surface area contributed by atoms with Crippen LogP contribution in [0.4, 0.5) is 0 Å². The number of rotatable bonds is 4. The summed E-state index contributed by atoms with van der Waals surface area (Å²) < 4.78 is 1.86. The molecule has 0 unspecified atom stereocenters. The van der Waals surface area contributed by atoms with E-state index in [1.54, 1.807) is 17.3 Å². The molecule has 0 aliphatic carbocycles. The van der Waals surface area contributed by atoms with E-state index in [1.165, 1.54) is 5.56 Å². The summed E-state index contributed by atoms with van der Waals surface area (Å²) >= 11 is 0. The number of carbonyl (C=O) groups excluding carboxylic acids is 1. The molecule has 0 N–H and O–H groups in total. The predicted molar refractivity (Wildman–Crippen MR) is 90.4 cm³/mol. The molecule has 3 rings (SSSR count). The third-order valence-corrected chi connectivity index (χ3v) is 3.97. The molecule has 23 heavy (non-hydrogen) atoms. The zero-order chi connectivity index (χ0) is 16.4. The Kier molecular flexibility index (Phi) is 4.10. The van der Waals surface area contributed by atoms with Gasteiger partial charge in [-0.15, -0.1) is 0 Å². The fourth-order valence-corrected chi connectivity index (χ4v) is 2.61. The Hall–Kier alpha value is -2.69. The summed E-state index contributed by atoms with van der Waals surface area (Å²) in [6.07, 6.45) is 5.32. The minimum atomic E-state index is -0.0476. The first-order valence-corrected chi connectivity index (χ1v) is 7.84. The summed E-state index contributed by atoms with van der Waals surface area (Å²) in [7, 11) is 0. The quantitative estimate of drug-likeness (QED) is 0.744. The third kappa shape index (κ3) is 2.82. The molecule has 0 spiro atoms. The lowest BCUT2D eigenvalue weighted by Gasteiger charge is -2.16. The van der Waals surface area contributed by atoms with Crippen molar-refractivity contribution in [2.45, 2.75) is 20.8 Å². The molecule has 1 aromatic carbocycles. The minimum Gasteiger partial charge on any atom is -0.338 e. The lowest BCUT2D eigenvalue weighted by atomic mass is 10.1. The highest BCUT2D eigenvalue weighted by Gasteiger charge is 2.18. The molecule has 0 radical (unpaired) electrons. The van der Waals surface area contributed by atoms with Gasteiger partial charge >= 0.3 is 0 Å². The van der Waals surface area contributed by atoms with E-state index in [2.05, 4.69) is 9.97 Å². The number of nitrogens with zero attached hydrogens (tertiary/aromatic N) is 4. The van der Waals surface area contributed by atoms with Crippen molar-refractivity contribution in [1.29, 1.82) is 0 Å². The Morgan fingerprint density at radius 2 is 1.87 bits per heavy atom. The van der Waals surface area contributed by atoms with Crippen molar-refractivity contribution in [2.24, 2.45) is 0 Å². The summed E-state index contributed by atoms with van der Waals surface area (Å²) in [6.45, 7) is 7.33. The van der Waals surface area contributed by atoms with Crippen LogP contribution in [0.1, 0.15) is 29.9 Å². The zero-order valence-corrected chi connectivity index (χ0v) is 13.7. The van der Waals surface area contributed by atoms with E-state index in [0.29, 0.717) is 24.4 Å². The van der Waals surface area contributed by atoms with Crippen LogP contribution in [0.15, 0.2) is 42.9 Å². The van der Waals surface area contributed by atoms with Gasteiger partial charge in [0.2, 0.25) is 0 Å². The highest BCUT2D eigenvalue weighted by Crippen LogP contribution is 2.22. The number of amides is 1. The predicted octanol–water partition coefficient (Wildman–Crippen LogP) is 3.19. The van der Waals surface area contributed by atoms with E-state index in [-0.39, 0.29) is 5.91 Å².